The number of pyridine rings is 1. The fourth-order valence-corrected chi connectivity index (χ4v) is 4.86. The summed E-state index contributed by atoms with van der Waals surface area (Å²) in [5.41, 5.74) is 11.3. The van der Waals surface area contributed by atoms with Gasteiger partial charge in [0.05, 0.1) is 16.9 Å². The highest BCUT2D eigenvalue weighted by atomic mass is 19.1. The largest absolute Gasteiger partial charge is 0.474 e. The molecule has 8 nitrogen and oxygen atoms in total. The van der Waals surface area contributed by atoms with Gasteiger partial charge in [-0.1, -0.05) is 0 Å². The van der Waals surface area contributed by atoms with Gasteiger partial charge in [0.25, 0.3) is 0 Å². The maximum Gasteiger partial charge on any atom is 0.237 e. The molecule has 0 fully saturated rings. The fraction of sp³-hybridized carbons (Fsp3) is 0.269. The summed E-state index contributed by atoms with van der Waals surface area (Å²) in [5.74, 6) is -0.258. The Labute approximate surface area is 206 Å². The first kappa shape index (κ1) is 22.4. The van der Waals surface area contributed by atoms with Crippen molar-refractivity contribution in [2.24, 2.45) is 0 Å². The van der Waals surface area contributed by atoms with E-state index in [0.29, 0.717) is 41.2 Å². The van der Waals surface area contributed by atoms with Crippen LogP contribution >= 0.6 is 0 Å². The van der Waals surface area contributed by atoms with E-state index in [1.54, 1.807) is 24.4 Å². The molecule has 0 bridgehead atoms. The van der Waals surface area contributed by atoms with Crippen LogP contribution in [0.4, 0.5) is 31.8 Å². The lowest BCUT2D eigenvalue weighted by molar-refractivity contribution is 0.310. The first-order valence-electron chi connectivity index (χ1n) is 11.8. The van der Waals surface area contributed by atoms with Gasteiger partial charge in [0.15, 0.2) is 5.82 Å². The third-order valence-electron chi connectivity index (χ3n) is 6.84. The second kappa shape index (κ2) is 8.56. The van der Waals surface area contributed by atoms with Crippen molar-refractivity contribution in [2.45, 2.75) is 19.9 Å². The molecule has 2 aliphatic heterocycles. The highest BCUT2D eigenvalue weighted by molar-refractivity contribution is 5.96. The molecule has 0 saturated heterocycles. The molecule has 2 aliphatic rings. The van der Waals surface area contributed by atoms with Crippen molar-refractivity contribution >= 4 is 33.9 Å². The predicted molar refractivity (Wildman–Crippen MR) is 136 cm³/mol. The molecule has 184 valence electrons. The third kappa shape index (κ3) is 3.74. The monoisotopic (exact) mass is 489 g/mol. The van der Waals surface area contributed by atoms with Crippen LogP contribution in [0.5, 0.6) is 5.88 Å². The molecular formula is C26H25F2N7O. The second-order valence-electron chi connectivity index (χ2n) is 9.24. The van der Waals surface area contributed by atoms with Gasteiger partial charge in [-0.3, -0.25) is 0 Å². The smallest absolute Gasteiger partial charge is 0.237 e. The van der Waals surface area contributed by atoms with E-state index in [1.807, 2.05) is 14.0 Å². The van der Waals surface area contributed by atoms with E-state index >= 15 is 4.39 Å². The van der Waals surface area contributed by atoms with Crippen LogP contribution in [0, 0.1) is 18.6 Å². The van der Waals surface area contributed by atoms with Crippen molar-refractivity contribution in [3.8, 4) is 17.0 Å². The Bertz CT molecular complexity index is 1520. The van der Waals surface area contributed by atoms with Crippen LogP contribution in [-0.4, -0.2) is 46.6 Å². The highest BCUT2D eigenvalue weighted by Crippen LogP contribution is 2.39. The molecule has 0 aliphatic carbocycles. The summed E-state index contributed by atoms with van der Waals surface area (Å²) in [4.78, 5) is 15.3. The number of nitrogens with one attached hydrogen (secondary N) is 2. The number of fused-ring (bicyclic) bond motifs is 3. The van der Waals surface area contributed by atoms with Gasteiger partial charge in [0, 0.05) is 48.5 Å². The lowest BCUT2D eigenvalue weighted by atomic mass is 9.98. The Morgan fingerprint density at radius 1 is 1.11 bits per heavy atom. The second-order valence-corrected chi connectivity index (χ2v) is 9.24. The Morgan fingerprint density at radius 2 is 1.97 bits per heavy atom. The van der Waals surface area contributed by atoms with Gasteiger partial charge < -0.3 is 26.0 Å². The number of ether oxygens (including phenoxy) is 1. The summed E-state index contributed by atoms with van der Waals surface area (Å²) in [6, 6.07) is 4.99. The normalized spacial score (nSPS) is 15.1. The summed E-state index contributed by atoms with van der Waals surface area (Å²) < 4.78 is 35.8. The van der Waals surface area contributed by atoms with Crippen molar-refractivity contribution in [3.63, 3.8) is 0 Å². The number of hydrogen-bond donors (Lipinski definition) is 3. The van der Waals surface area contributed by atoms with Gasteiger partial charge in [-0.25, -0.2) is 23.7 Å². The topological polar surface area (TPSA) is 101 Å². The molecule has 2 aromatic heterocycles. The first-order valence-corrected chi connectivity index (χ1v) is 11.8. The molecule has 4 aromatic rings. The van der Waals surface area contributed by atoms with E-state index in [2.05, 4.69) is 30.5 Å². The highest BCUT2D eigenvalue weighted by Gasteiger charge is 2.22. The van der Waals surface area contributed by atoms with Gasteiger partial charge >= 0.3 is 0 Å². The van der Waals surface area contributed by atoms with E-state index in [4.69, 9.17) is 10.5 Å². The fourth-order valence-electron chi connectivity index (χ4n) is 4.86. The molecule has 0 spiro atoms. The van der Waals surface area contributed by atoms with Crippen molar-refractivity contribution in [3.05, 3.63) is 58.9 Å². The van der Waals surface area contributed by atoms with Gasteiger partial charge in [-0.05, 0) is 55.3 Å². The van der Waals surface area contributed by atoms with Crippen LogP contribution in [0.15, 0.2) is 30.6 Å². The zero-order valence-corrected chi connectivity index (χ0v) is 20.0. The number of likely N-dealkylation sites (N-methyl/N-ethyl adjacent to an activating group) is 1. The number of nitrogen functional groups attached to an aromatic ring is 1. The molecule has 36 heavy (non-hydrogen) atoms. The number of rotatable bonds is 3. The molecule has 0 unspecified atom stereocenters. The molecule has 10 heteroatoms. The van der Waals surface area contributed by atoms with E-state index in [1.165, 1.54) is 6.20 Å². The van der Waals surface area contributed by atoms with Crippen LogP contribution in [0.3, 0.4) is 0 Å². The van der Waals surface area contributed by atoms with Crippen molar-refractivity contribution in [2.75, 3.05) is 43.1 Å². The van der Waals surface area contributed by atoms with Crippen LogP contribution in [-0.2, 0) is 13.0 Å². The molecule has 0 radical (unpaired) electrons. The van der Waals surface area contributed by atoms with E-state index < -0.39 is 5.82 Å². The average Bonchev–Trinajstić information content (AvgIpc) is 2.87. The molecule has 0 atom stereocenters. The van der Waals surface area contributed by atoms with E-state index in [0.717, 1.165) is 41.9 Å². The summed E-state index contributed by atoms with van der Waals surface area (Å²) in [7, 11) is 2.04. The van der Waals surface area contributed by atoms with Gasteiger partial charge in [0.2, 0.25) is 11.8 Å². The number of benzene rings is 2. The number of nitrogens with two attached hydrogens (primary N) is 1. The van der Waals surface area contributed by atoms with Gasteiger partial charge in [-0.2, -0.15) is 0 Å². The molecule has 4 N–H and O–H groups in total. The van der Waals surface area contributed by atoms with Gasteiger partial charge in [-0.15, -0.1) is 0 Å². The van der Waals surface area contributed by atoms with E-state index in [9.17, 15) is 4.39 Å². The Morgan fingerprint density at radius 3 is 2.83 bits per heavy atom. The van der Waals surface area contributed by atoms with Crippen LogP contribution in [0.1, 0.15) is 16.7 Å². The van der Waals surface area contributed by atoms with E-state index in [-0.39, 0.29) is 23.0 Å². The van der Waals surface area contributed by atoms with Crippen LogP contribution < -0.4 is 21.1 Å². The van der Waals surface area contributed by atoms with Crippen molar-refractivity contribution in [1.82, 2.24) is 19.9 Å². The summed E-state index contributed by atoms with van der Waals surface area (Å²) in [5, 5.41) is 6.62. The number of hydrogen-bond acceptors (Lipinski definition) is 8. The standard InChI is InChI=1S/C26H25F2N7O/c1-13-17(10-31-25-24(13)30-4-6-36-25)16-9-20-18(23(29)22(16)28)11-32-26(33-20)34-21-8-15-12-35(2)5-3-14(15)7-19(21)27/h7-11,30H,3-6,12,29H2,1-2H3,(H,32,33,34). The lowest BCUT2D eigenvalue weighted by Crippen LogP contribution is -2.26. The number of halogens is 2. The Kier molecular flexibility index (Phi) is 5.33. The maximum atomic E-state index is 15.4. The minimum absolute atomic E-state index is 0.0571. The molecule has 0 saturated carbocycles. The SMILES string of the molecule is Cc1c(-c2cc3nc(Nc4cc5c(cc4F)CCN(C)C5)ncc3c(N)c2F)cnc2c1NCCO2. The quantitative estimate of drug-likeness (QED) is 0.364. The van der Waals surface area contributed by atoms with Crippen molar-refractivity contribution < 1.29 is 13.5 Å². The Balaban J connectivity index is 1.41. The van der Waals surface area contributed by atoms with Crippen LogP contribution in [0.25, 0.3) is 22.0 Å². The minimum atomic E-state index is -0.571. The zero-order chi connectivity index (χ0) is 25.0. The average molecular weight is 490 g/mol. The minimum Gasteiger partial charge on any atom is -0.474 e. The molecular weight excluding hydrogens is 464 g/mol. The van der Waals surface area contributed by atoms with Crippen LogP contribution in [0.2, 0.25) is 0 Å². The number of aromatic nitrogens is 3. The lowest BCUT2D eigenvalue weighted by Gasteiger charge is -2.25. The third-order valence-corrected chi connectivity index (χ3v) is 6.84. The number of nitrogens with zero attached hydrogens (tertiary/aromatic N) is 4. The molecule has 4 heterocycles. The summed E-state index contributed by atoms with van der Waals surface area (Å²) in [6.45, 7) is 4.68. The summed E-state index contributed by atoms with van der Waals surface area (Å²) >= 11 is 0. The first-order chi connectivity index (χ1) is 17.4. The molecule has 2 aromatic carbocycles. The Hall–Kier alpha value is -4.05. The zero-order valence-electron chi connectivity index (χ0n) is 20.0. The number of anilines is 4. The summed E-state index contributed by atoms with van der Waals surface area (Å²) in [6.07, 6.45) is 3.83. The predicted octanol–water partition coefficient (Wildman–Crippen LogP) is 4.40. The van der Waals surface area contributed by atoms with Crippen molar-refractivity contribution in [1.29, 1.82) is 0 Å². The van der Waals surface area contributed by atoms with Gasteiger partial charge in [0.1, 0.15) is 18.1 Å². The molecule has 6 rings (SSSR count). The molecule has 0 amide bonds. The maximum absolute atomic E-state index is 15.4.